The molecular formula is C24H38IN5O2. The van der Waals surface area contributed by atoms with Crippen LogP contribution in [-0.2, 0) is 18.7 Å². The molecule has 3 N–H and O–H groups in total. The highest BCUT2D eigenvalue weighted by Crippen LogP contribution is 2.21. The number of nitrogens with one attached hydrogen (secondary N) is 2. The molecule has 178 valence electrons. The minimum absolute atomic E-state index is 0. The number of rotatable bonds is 8. The Morgan fingerprint density at radius 1 is 1.06 bits per heavy atom. The highest BCUT2D eigenvalue weighted by molar-refractivity contribution is 14.0. The van der Waals surface area contributed by atoms with Crippen molar-refractivity contribution in [2.45, 2.75) is 39.5 Å². The van der Waals surface area contributed by atoms with E-state index in [4.69, 9.17) is 4.42 Å². The number of halogens is 1. The van der Waals surface area contributed by atoms with Gasteiger partial charge in [0.25, 0.3) is 0 Å². The molecule has 0 spiro atoms. The van der Waals surface area contributed by atoms with Gasteiger partial charge in [-0.25, -0.2) is 4.99 Å². The number of piperazine rings is 1. The third-order valence-corrected chi connectivity index (χ3v) is 5.66. The molecule has 1 aromatic heterocycles. The number of hydrogen-bond acceptors (Lipinski definition) is 5. The Bertz CT molecular complexity index is 842. The van der Waals surface area contributed by atoms with Crippen molar-refractivity contribution in [2.24, 2.45) is 4.99 Å². The van der Waals surface area contributed by atoms with Crippen molar-refractivity contribution >= 4 is 29.9 Å². The Labute approximate surface area is 209 Å². The molecule has 0 saturated carbocycles. The molecule has 0 bridgehead atoms. The quantitative estimate of drug-likeness (QED) is 0.264. The van der Waals surface area contributed by atoms with Gasteiger partial charge in [-0.2, -0.15) is 0 Å². The predicted molar refractivity (Wildman–Crippen MR) is 140 cm³/mol. The molecule has 1 saturated heterocycles. The van der Waals surface area contributed by atoms with E-state index in [0.717, 1.165) is 50.6 Å². The summed E-state index contributed by atoms with van der Waals surface area (Å²) in [4.78, 5) is 9.56. The molecule has 0 radical (unpaired) electrons. The summed E-state index contributed by atoms with van der Waals surface area (Å²) in [5, 5.41) is 17.2. The maximum absolute atomic E-state index is 10.7. The molecule has 2 aromatic rings. The summed E-state index contributed by atoms with van der Waals surface area (Å²) in [5.41, 5.74) is 1.38. The number of guanidine groups is 1. The minimum Gasteiger partial charge on any atom is -0.463 e. The average molecular weight is 556 g/mol. The maximum Gasteiger partial charge on any atom is 0.191 e. The molecule has 1 fully saturated rings. The lowest BCUT2D eigenvalue weighted by Gasteiger charge is -2.32. The van der Waals surface area contributed by atoms with Crippen LogP contribution in [0.4, 0.5) is 0 Å². The summed E-state index contributed by atoms with van der Waals surface area (Å²) in [7, 11) is 2.18. The zero-order valence-corrected chi connectivity index (χ0v) is 22.1. The topological polar surface area (TPSA) is 76.3 Å². The van der Waals surface area contributed by atoms with E-state index < -0.39 is 5.60 Å². The monoisotopic (exact) mass is 555 g/mol. The first-order chi connectivity index (χ1) is 14.9. The molecule has 1 atom stereocenters. The van der Waals surface area contributed by atoms with Crippen molar-refractivity contribution in [3.63, 3.8) is 0 Å². The molecule has 8 heteroatoms. The summed E-state index contributed by atoms with van der Waals surface area (Å²) >= 11 is 0. The smallest absolute Gasteiger partial charge is 0.191 e. The fraction of sp³-hybridized carbons (Fsp3) is 0.542. The van der Waals surface area contributed by atoms with Crippen LogP contribution in [0.15, 0.2) is 45.8 Å². The number of nitrogens with zero attached hydrogens (tertiary/aromatic N) is 3. The van der Waals surface area contributed by atoms with E-state index in [0.29, 0.717) is 24.8 Å². The van der Waals surface area contributed by atoms with Gasteiger partial charge in [0.2, 0.25) is 0 Å². The summed E-state index contributed by atoms with van der Waals surface area (Å²) in [5.74, 6) is 2.00. The Balaban J connectivity index is 0.00000363. The van der Waals surface area contributed by atoms with Gasteiger partial charge >= 0.3 is 0 Å². The number of likely N-dealkylation sites (N-methyl/N-ethyl adjacent to an activating group) is 1. The zero-order valence-electron chi connectivity index (χ0n) is 19.7. The first kappa shape index (κ1) is 26.6. The van der Waals surface area contributed by atoms with Crippen LogP contribution in [0.5, 0.6) is 0 Å². The molecular weight excluding hydrogens is 517 g/mol. The lowest BCUT2D eigenvalue weighted by atomic mass is 10.0. The van der Waals surface area contributed by atoms with Gasteiger partial charge < -0.3 is 25.1 Å². The van der Waals surface area contributed by atoms with E-state index in [9.17, 15) is 5.11 Å². The summed E-state index contributed by atoms with van der Waals surface area (Å²) in [6.07, 6.45) is 0. The van der Waals surface area contributed by atoms with E-state index in [-0.39, 0.29) is 24.0 Å². The van der Waals surface area contributed by atoms with Gasteiger partial charge in [-0.15, -0.1) is 24.0 Å². The largest absolute Gasteiger partial charge is 0.463 e. The predicted octanol–water partition coefficient (Wildman–Crippen LogP) is 2.92. The van der Waals surface area contributed by atoms with E-state index in [1.54, 1.807) is 6.92 Å². The van der Waals surface area contributed by atoms with Gasteiger partial charge in [0.15, 0.2) is 5.96 Å². The summed E-state index contributed by atoms with van der Waals surface area (Å²) in [6, 6.07) is 12.4. The molecule has 32 heavy (non-hydrogen) atoms. The van der Waals surface area contributed by atoms with Crippen molar-refractivity contribution in [1.29, 1.82) is 0 Å². The second-order valence-electron chi connectivity index (χ2n) is 8.63. The van der Waals surface area contributed by atoms with Crippen LogP contribution in [0.3, 0.4) is 0 Å². The normalized spacial score (nSPS) is 17.5. The molecule has 1 aromatic carbocycles. The van der Waals surface area contributed by atoms with Gasteiger partial charge in [-0.1, -0.05) is 24.3 Å². The number of aliphatic hydroxyl groups is 1. The van der Waals surface area contributed by atoms with E-state index in [1.165, 1.54) is 5.56 Å². The second kappa shape index (κ2) is 12.6. The van der Waals surface area contributed by atoms with Crippen LogP contribution in [0, 0.1) is 6.92 Å². The van der Waals surface area contributed by atoms with Gasteiger partial charge in [0, 0.05) is 39.3 Å². The van der Waals surface area contributed by atoms with Gasteiger partial charge in [-0.05, 0) is 51.1 Å². The van der Waals surface area contributed by atoms with Crippen LogP contribution in [0.2, 0.25) is 0 Å². The lowest BCUT2D eigenvalue weighted by molar-refractivity contribution is 0.0378. The van der Waals surface area contributed by atoms with Crippen molar-refractivity contribution in [3.8, 4) is 0 Å². The van der Waals surface area contributed by atoms with Crippen molar-refractivity contribution < 1.29 is 9.52 Å². The van der Waals surface area contributed by atoms with Gasteiger partial charge in [-0.3, -0.25) is 4.90 Å². The Morgan fingerprint density at radius 2 is 1.72 bits per heavy atom. The summed E-state index contributed by atoms with van der Waals surface area (Å²) < 4.78 is 5.58. The zero-order chi connectivity index (χ0) is 22.3. The number of furan rings is 1. The number of aryl methyl sites for hydroxylation is 1. The standard InChI is InChI=1S/C24H37N5O2.HI/c1-5-25-23(27-18-24(3,30)22-11-6-19(2)31-22)26-16-20-7-9-21(10-8-20)17-29-14-12-28(4)13-15-29;/h6-11,30H,5,12-18H2,1-4H3,(H2,25,26,27);1H. The van der Waals surface area contributed by atoms with Crippen molar-refractivity contribution in [2.75, 3.05) is 46.3 Å². The van der Waals surface area contributed by atoms with Crippen molar-refractivity contribution in [1.82, 2.24) is 20.4 Å². The number of hydrogen-bond donors (Lipinski definition) is 3. The molecule has 1 aliphatic heterocycles. The molecule has 0 amide bonds. The Kier molecular flexibility index (Phi) is 10.5. The van der Waals surface area contributed by atoms with Crippen LogP contribution in [-0.4, -0.2) is 67.2 Å². The minimum atomic E-state index is -1.12. The fourth-order valence-electron chi connectivity index (χ4n) is 3.59. The van der Waals surface area contributed by atoms with Crippen LogP contribution in [0.1, 0.15) is 36.5 Å². The molecule has 2 heterocycles. The Morgan fingerprint density at radius 3 is 2.31 bits per heavy atom. The van der Waals surface area contributed by atoms with Gasteiger partial charge in [0.05, 0.1) is 13.1 Å². The third kappa shape index (κ3) is 8.06. The first-order valence-electron chi connectivity index (χ1n) is 11.2. The average Bonchev–Trinajstić information content (AvgIpc) is 3.20. The molecule has 7 nitrogen and oxygen atoms in total. The van der Waals surface area contributed by atoms with Crippen LogP contribution >= 0.6 is 24.0 Å². The highest BCUT2D eigenvalue weighted by atomic mass is 127. The number of benzene rings is 1. The van der Waals surface area contributed by atoms with Crippen LogP contribution in [0.25, 0.3) is 0 Å². The first-order valence-corrected chi connectivity index (χ1v) is 11.2. The fourth-order valence-corrected chi connectivity index (χ4v) is 3.59. The lowest BCUT2D eigenvalue weighted by Crippen LogP contribution is -2.44. The van der Waals surface area contributed by atoms with E-state index in [1.807, 2.05) is 26.0 Å². The second-order valence-corrected chi connectivity index (χ2v) is 8.63. The molecule has 0 aliphatic carbocycles. The molecule has 3 rings (SSSR count). The van der Waals surface area contributed by atoms with E-state index >= 15 is 0 Å². The number of aliphatic imine (C=N–C) groups is 1. The maximum atomic E-state index is 10.7. The third-order valence-electron chi connectivity index (χ3n) is 5.66. The molecule has 1 unspecified atom stereocenters. The van der Waals surface area contributed by atoms with Crippen molar-refractivity contribution in [3.05, 3.63) is 59.0 Å². The van der Waals surface area contributed by atoms with E-state index in [2.05, 4.69) is 56.7 Å². The Hall–Kier alpha value is -1.62. The summed E-state index contributed by atoms with van der Waals surface area (Å²) in [6.45, 7) is 12.8. The molecule has 1 aliphatic rings. The SMILES string of the molecule is CCNC(=NCc1ccc(CN2CCN(C)CC2)cc1)NCC(C)(O)c1ccc(C)o1.I. The highest BCUT2D eigenvalue weighted by Gasteiger charge is 2.27. The van der Waals surface area contributed by atoms with Gasteiger partial charge in [0.1, 0.15) is 17.1 Å². The van der Waals surface area contributed by atoms with Crippen LogP contribution < -0.4 is 10.6 Å².